The number of fused-ring (bicyclic) bond motifs is 1. The minimum absolute atomic E-state index is 0.0250. The summed E-state index contributed by atoms with van der Waals surface area (Å²) in [6.07, 6.45) is 1.09. The van der Waals surface area contributed by atoms with Crippen molar-refractivity contribution in [3.8, 4) is 0 Å². The fourth-order valence-corrected chi connectivity index (χ4v) is 2.63. The van der Waals surface area contributed by atoms with Gasteiger partial charge in [0.2, 0.25) is 0 Å². The van der Waals surface area contributed by atoms with Crippen LogP contribution >= 0.6 is 0 Å². The Morgan fingerprint density at radius 1 is 1.16 bits per heavy atom. The molecule has 1 unspecified atom stereocenters. The van der Waals surface area contributed by atoms with Crippen molar-refractivity contribution < 1.29 is 0 Å². The average molecular weight is 261 g/mol. The van der Waals surface area contributed by atoms with Crippen LogP contribution in [0, 0.1) is 5.92 Å². The van der Waals surface area contributed by atoms with E-state index in [-0.39, 0.29) is 5.69 Å². The highest BCUT2D eigenvalue weighted by Gasteiger charge is 2.14. The zero-order valence-corrected chi connectivity index (χ0v) is 12.4. The lowest BCUT2D eigenvalue weighted by molar-refractivity contribution is 0.457. The Kier molecular flexibility index (Phi) is 3.80. The van der Waals surface area contributed by atoms with Gasteiger partial charge in [-0.1, -0.05) is 19.9 Å². The molecule has 0 aliphatic carbocycles. The molecule has 1 aromatic carbocycles. The number of imidazole rings is 1. The number of hydrogen-bond acceptors (Lipinski definition) is 2. The topological polar surface area (TPSA) is 39.0 Å². The standard InChI is InChI=1S/C15H23N3O/c1-10(2)8-12(16-3)11-6-7-13-14(9-11)18(5)15(19)17(13)4/h6-7,9-10,12,16H,8H2,1-5H3. The fraction of sp³-hybridized carbons (Fsp3) is 0.533. The van der Waals surface area contributed by atoms with E-state index >= 15 is 0 Å². The molecule has 0 amide bonds. The molecular weight excluding hydrogens is 238 g/mol. The first-order valence-electron chi connectivity index (χ1n) is 6.78. The summed E-state index contributed by atoms with van der Waals surface area (Å²) in [7, 11) is 5.63. The Bertz CT molecular complexity index is 637. The Morgan fingerprint density at radius 2 is 1.79 bits per heavy atom. The first-order chi connectivity index (χ1) is 8.95. The maximum atomic E-state index is 11.9. The highest BCUT2D eigenvalue weighted by Crippen LogP contribution is 2.24. The molecule has 19 heavy (non-hydrogen) atoms. The Balaban J connectivity index is 2.52. The average Bonchev–Trinajstić information content (AvgIpc) is 2.60. The number of benzene rings is 1. The summed E-state index contributed by atoms with van der Waals surface area (Å²) >= 11 is 0. The van der Waals surface area contributed by atoms with E-state index in [9.17, 15) is 4.79 Å². The van der Waals surface area contributed by atoms with Gasteiger partial charge in [-0.15, -0.1) is 0 Å². The van der Waals surface area contributed by atoms with E-state index in [0.29, 0.717) is 12.0 Å². The van der Waals surface area contributed by atoms with Crippen molar-refractivity contribution in [3.05, 3.63) is 34.2 Å². The van der Waals surface area contributed by atoms with Crippen LogP contribution in [-0.2, 0) is 14.1 Å². The second-order valence-electron chi connectivity index (χ2n) is 5.62. The molecule has 0 spiro atoms. The molecule has 104 valence electrons. The third kappa shape index (κ3) is 2.45. The van der Waals surface area contributed by atoms with Crippen LogP contribution in [0.3, 0.4) is 0 Å². The van der Waals surface area contributed by atoms with Crippen molar-refractivity contribution >= 4 is 11.0 Å². The van der Waals surface area contributed by atoms with Gasteiger partial charge in [-0.25, -0.2) is 4.79 Å². The van der Waals surface area contributed by atoms with Crippen LogP contribution in [0.15, 0.2) is 23.0 Å². The van der Waals surface area contributed by atoms with E-state index in [2.05, 4.69) is 31.3 Å². The third-order valence-electron chi connectivity index (χ3n) is 3.75. The maximum Gasteiger partial charge on any atom is 0.328 e. The number of aromatic nitrogens is 2. The van der Waals surface area contributed by atoms with E-state index in [0.717, 1.165) is 17.5 Å². The summed E-state index contributed by atoms with van der Waals surface area (Å²) in [4.78, 5) is 11.9. The second kappa shape index (κ2) is 5.21. The minimum Gasteiger partial charge on any atom is -0.313 e. The second-order valence-corrected chi connectivity index (χ2v) is 5.62. The lowest BCUT2D eigenvalue weighted by Crippen LogP contribution is -2.19. The van der Waals surface area contributed by atoms with Gasteiger partial charge < -0.3 is 5.32 Å². The Morgan fingerprint density at radius 3 is 2.37 bits per heavy atom. The summed E-state index contributed by atoms with van der Waals surface area (Å²) < 4.78 is 3.40. The van der Waals surface area contributed by atoms with Gasteiger partial charge in [-0.2, -0.15) is 0 Å². The van der Waals surface area contributed by atoms with Crippen molar-refractivity contribution in [2.75, 3.05) is 7.05 Å². The van der Waals surface area contributed by atoms with Gasteiger partial charge in [-0.3, -0.25) is 9.13 Å². The van der Waals surface area contributed by atoms with Crippen molar-refractivity contribution in [3.63, 3.8) is 0 Å². The molecular formula is C15H23N3O. The monoisotopic (exact) mass is 261 g/mol. The predicted octanol–water partition coefficient (Wildman–Crippen LogP) is 2.18. The molecule has 2 rings (SSSR count). The summed E-state index contributed by atoms with van der Waals surface area (Å²) in [6, 6.07) is 6.61. The largest absolute Gasteiger partial charge is 0.328 e. The molecule has 0 fully saturated rings. The molecule has 2 aromatic rings. The zero-order valence-electron chi connectivity index (χ0n) is 12.4. The van der Waals surface area contributed by atoms with Crippen LogP contribution in [0.2, 0.25) is 0 Å². The predicted molar refractivity (Wildman–Crippen MR) is 79.4 cm³/mol. The van der Waals surface area contributed by atoms with Gasteiger partial charge in [0, 0.05) is 20.1 Å². The number of hydrogen-bond donors (Lipinski definition) is 1. The SMILES string of the molecule is CNC(CC(C)C)c1ccc2c(c1)n(C)c(=O)n2C. The van der Waals surface area contributed by atoms with Crippen LogP contribution < -0.4 is 11.0 Å². The van der Waals surface area contributed by atoms with E-state index in [1.54, 1.807) is 9.13 Å². The van der Waals surface area contributed by atoms with E-state index in [1.807, 2.05) is 27.2 Å². The van der Waals surface area contributed by atoms with Crippen molar-refractivity contribution in [1.82, 2.24) is 14.5 Å². The summed E-state index contributed by atoms with van der Waals surface area (Å²) in [5.41, 5.74) is 3.24. The van der Waals surface area contributed by atoms with E-state index < -0.39 is 0 Å². The number of rotatable bonds is 4. The molecule has 4 nitrogen and oxygen atoms in total. The molecule has 0 aliphatic rings. The molecule has 0 saturated carbocycles. The van der Waals surface area contributed by atoms with Crippen molar-refractivity contribution in [2.24, 2.45) is 20.0 Å². The fourth-order valence-electron chi connectivity index (χ4n) is 2.63. The van der Waals surface area contributed by atoms with Gasteiger partial charge in [0.1, 0.15) is 0 Å². The highest BCUT2D eigenvalue weighted by molar-refractivity contribution is 5.77. The molecule has 1 N–H and O–H groups in total. The normalized spacial score (nSPS) is 13.4. The smallest absolute Gasteiger partial charge is 0.313 e. The summed E-state index contributed by atoms with van der Waals surface area (Å²) in [5, 5.41) is 3.36. The van der Waals surface area contributed by atoms with E-state index in [4.69, 9.17) is 0 Å². The molecule has 0 aliphatic heterocycles. The van der Waals surface area contributed by atoms with Gasteiger partial charge in [0.05, 0.1) is 11.0 Å². The molecule has 1 aromatic heterocycles. The molecule has 0 saturated heterocycles. The van der Waals surface area contributed by atoms with Gasteiger partial charge in [-0.05, 0) is 37.1 Å². The van der Waals surface area contributed by atoms with Gasteiger partial charge in [0.15, 0.2) is 0 Å². The molecule has 1 heterocycles. The van der Waals surface area contributed by atoms with Crippen molar-refractivity contribution in [1.29, 1.82) is 0 Å². The summed E-state index contributed by atoms with van der Waals surface area (Å²) in [6.45, 7) is 4.45. The van der Waals surface area contributed by atoms with Gasteiger partial charge in [0.25, 0.3) is 0 Å². The lowest BCUT2D eigenvalue weighted by Gasteiger charge is -2.19. The zero-order chi connectivity index (χ0) is 14.2. The molecule has 0 bridgehead atoms. The van der Waals surface area contributed by atoms with Crippen LogP contribution in [-0.4, -0.2) is 16.2 Å². The Labute approximate surface area is 114 Å². The Hall–Kier alpha value is -1.55. The van der Waals surface area contributed by atoms with Crippen molar-refractivity contribution in [2.45, 2.75) is 26.3 Å². The summed E-state index contributed by atoms with van der Waals surface area (Å²) in [5.74, 6) is 0.632. The highest BCUT2D eigenvalue weighted by atomic mass is 16.1. The first kappa shape index (κ1) is 13.9. The number of aryl methyl sites for hydroxylation is 2. The minimum atomic E-state index is 0.0250. The van der Waals surface area contributed by atoms with Crippen LogP contribution in [0.4, 0.5) is 0 Å². The van der Waals surface area contributed by atoms with Gasteiger partial charge >= 0.3 is 5.69 Å². The molecule has 0 radical (unpaired) electrons. The lowest BCUT2D eigenvalue weighted by atomic mass is 9.97. The third-order valence-corrected chi connectivity index (χ3v) is 3.75. The van der Waals surface area contributed by atoms with Crippen LogP contribution in [0.5, 0.6) is 0 Å². The molecule has 4 heteroatoms. The number of nitrogens with one attached hydrogen (secondary N) is 1. The number of nitrogens with zero attached hydrogens (tertiary/aromatic N) is 2. The van der Waals surface area contributed by atoms with Crippen LogP contribution in [0.1, 0.15) is 31.9 Å². The molecule has 1 atom stereocenters. The van der Waals surface area contributed by atoms with E-state index in [1.165, 1.54) is 5.56 Å². The quantitative estimate of drug-likeness (QED) is 0.916. The van der Waals surface area contributed by atoms with Crippen LogP contribution in [0.25, 0.3) is 11.0 Å². The maximum absolute atomic E-state index is 11.9. The first-order valence-corrected chi connectivity index (χ1v) is 6.78.